The molecule has 0 aliphatic carbocycles. The zero-order valence-electron chi connectivity index (χ0n) is 17.1. The van der Waals surface area contributed by atoms with Gasteiger partial charge in [-0.15, -0.1) is 0 Å². The van der Waals surface area contributed by atoms with Gasteiger partial charge in [0.05, 0.1) is 18.6 Å². The van der Waals surface area contributed by atoms with Crippen molar-refractivity contribution in [2.75, 3.05) is 26.4 Å². The molecule has 0 radical (unpaired) electrons. The van der Waals surface area contributed by atoms with Crippen molar-refractivity contribution in [3.05, 3.63) is 94.9 Å². The molecule has 0 aliphatic rings. The number of hydrogen-bond acceptors (Lipinski definition) is 6. The van der Waals surface area contributed by atoms with Crippen molar-refractivity contribution in [1.82, 2.24) is 10.3 Å². The van der Waals surface area contributed by atoms with Crippen LogP contribution in [0.4, 0.5) is 0 Å². The van der Waals surface area contributed by atoms with Crippen LogP contribution in [-0.4, -0.2) is 31.3 Å². The van der Waals surface area contributed by atoms with Crippen LogP contribution in [0.2, 0.25) is 0 Å². The highest BCUT2D eigenvalue weighted by Gasteiger charge is 2.06. The van der Waals surface area contributed by atoms with E-state index in [1.807, 2.05) is 48.5 Å². The highest BCUT2D eigenvalue weighted by Crippen LogP contribution is 2.24. The third-order valence-corrected chi connectivity index (χ3v) is 4.77. The van der Waals surface area contributed by atoms with Crippen LogP contribution < -0.4 is 15.5 Å². The van der Waals surface area contributed by atoms with Crippen LogP contribution in [0, 0.1) is 0 Å². The maximum Gasteiger partial charge on any atom is 0.193 e. The summed E-state index contributed by atoms with van der Waals surface area (Å²) in [7, 11) is 0. The molecule has 158 valence electrons. The molecule has 2 heterocycles. The van der Waals surface area contributed by atoms with Gasteiger partial charge in [-0.05, 0) is 54.1 Å². The Balaban J connectivity index is 1.19. The SMILES string of the molecule is O=c1cc(-c2ccc(OCCOCCNCc3ccncc3)cc2)oc2ccccc12. The summed E-state index contributed by atoms with van der Waals surface area (Å²) in [6.07, 6.45) is 3.57. The first-order valence-corrected chi connectivity index (χ1v) is 10.2. The van der Waals surface area contributed by atoms with Gasteiger partial charge in [-0.3, -0.25) is 9.78 Å². The quantitative estimate of drug-likeness (QED) is 0.393. The molecule has 0 bridgehead atoms. The van der Waals surface area contributed by atoms with E-state index in [0.717, 1.165) is 24.4 Å². The van der Waals surface area contributed by atoms with Crippen LogP contribution in [0.15, 0.2) is 88.3 Å². The summed E-state index contributed by atoms with van der Waals surface area (Å²) in [5.74, 6) is 1.28. The zero-order valence-corrected chi connectivity index (χ0v) is 17.1. The van der Waals surface area contributed by atoms with E-state index in [0.29, 0.717) is 36.6 Å². The average Bonchev–Trinajstić information content (AvgIpc) is 2.82. The largest absolute Gasteiger partial charge is 0.491 e. The predicted octanol–water partition coefficient (Wildman–Crippen LogP) is 4.04. The van der Waals surface area contributed by atoms with Crippen LogP contribution >= 0.6 is 0 Å². The molecule has 6 heteroatoms. The number of fused-ring (bicyclic) bond motifs is 1. The molecular formula is C25H24N2O4. The fourth-order valence-electron chi connectivity index (χ4n) is 3.16. The summed E-state index contributed by atoms with van der Waals surface area (Å²) in [4.78, 5) is 16.3. The van der Waals surface area contributed by atoms with Gasteiger partial charge in [-0.2, -0.15) is 0 Å². The standard InChI is InChI=1S/C25H24N2O4/c28-23-17-25(31-24-4-2-1-3-22(23)24)20-5-7-21(8-6-20)30-16-15-29-14-13-27-18-19-9-11-26-12-10-19/h1-12,17,27H,13-16,18H2. The molecule has 0 spiro atoms. The van der Waals surface area contributed by atoms with Crippen molar-refractivity contribution < 1.29 is 13.9 Å². The van der Waals surface area contributed by atoms with Crippen LogP contribution in [-0.2, 0) is 11.3 Å². The van der Waals surface area contributed by atoms with Crippen molar-refractivity contribution in [2.24, 2.45) is 0 Å². The number of aromatic nitrogens is 1. The molecule has 0 fully saturated rings. The topological polar surface area (TPSA) is 73.6 Å². The molecule has 0 saturated carbocycles. The third-order valence-electron chi connectivity index (χ3n) is 4.77. The summed E-state index contributed by atoms with van der Waals surface area (Å²) in [5, 5.41) is 3.90. The maximum atomic E-state index is 12.3. The van der Waals surface area contributed by atoms with E-state index in [4.69, 9.17) is 13.9 Å². The summed E-state index contributed by atoms with van der Waals surface area (Å²) in [5.41, 5.74) is 2.55. The van der Waals surface area contributed by atoms with E-state index >= 15 is 0 Å². The average molecular weight is 416 g/mol. The van der Waals surface area contributed by atoms with Crippen LogP contribution in [0.3, 0.4) is 0 Å². The second kappa shape index (κ2) is 10.5. The fourth-order valence-corrected chi connectivity index (χ4v) is 3.16. The Hall–Kier alpha value is -3.48. The monoisotopic (exact) mass is 416 g/mol. The first-order valence-electron chi connectivity index (χ1n) is 10.2. The molecule has 0 aliphatic heterocycles. The Bertz CT molecular complexity index is 1160. The lowest BCUT2D eigenvalue weighted by Gasteiger charge is -2.09. The van der Waals surface area contributed by atoms with E-state index < -0.39 is 0 Å². The van der Waals surface area contributed by atoms with Gasteiger partial charge in [0.25, 0.3) is 0 Å². The summed E-state index contributed by atoms with van der Waals surface area (Å²) in [6, 6.07) is 20.2. The van der Waals surface area contributed by atoms with Gasteiger partial charge in [-0.25, -0.2) is 0 Å². The first-order chi connectivity index (χ1) is 15.3. The summed E-state index contributed by atoms with van der Waals surface area (Å²) >= 11 is 0. The Labute approximate surface area is 180 Å². The van der Waals surface area contributed by atoms with Crippen molar-refractivity contribution in [2.45, 2.75) is 6.54 Å². The van der Waals surface area contributed by atoms with Gasteiger partial charge in [0, 0.05) is 37.1 Å². The second-order valence-electron chi connectivity index (χ2n) is 6.99. The lowest BCUT2D eigenvalue weighted by Crippen LogP contribution is -2.20. The number of pyridine rings is 1. The van der Waals surface area contributed by atoms with Crippen molar-refractivity contribution >= 4 is 11.0 Å². The Morgan fingerprint density at radius 1 is 0.903 bits per heavy atom. The number of para-hydroxylation sites is 1. The van der Waals surface area contributed by atoms with Gasteiger partial charge in [0.15, 0.2) is 5.43 Å². The van der Waals surface area contributed by atoms with Gasteiger partial charge in [-0.1, -0.05) is 12.1 Å². The minimum atomic E-state index is -0.0513. The molecular weight excluding hydrogens is 392 g/mol. The molecule has 31 heavy (non-hydrogen) atoms. The number of rotatable bonds is 10. The normalized spacial score (nSPS) is 11.0. The zero-order chi connectivity index (χ0) is 21.3. The summed E-state index contributed by atoms with van der Waals surface area (Å²) < 4.78 is 17.2. The Morgan fingerprint density at radius 3 is 2.55 bits per heavy atom. The molecule has 1 N–H and O–H groups in total. The third kappa shape index (κ3) is 5.78. The predicted molar refractivity (Wildman–Crippen MR) is 120 cm³/mol. The number of hydrogen-bond donors (Lipinski definition) is 1. The lowest BCUT2D eigenvalue weighted by atomic mass is 10.1. The lowest BCUT2D eigenvalue weighted by molar-refractivity contribution is 0.102. The van der Waals surface area contributed by atoms with E-state index in [1.54, 1.807) is 24.5 Å². The maximum absolute atomic E-state index is 12.3. The number of nitrogens with zero attached hydrogens (tertiary/aromatic N) is 1. The van der Waals surface area contributed by atoms with Gasteiger partial charge in [0.1, 0.15) is 23.7 Å². The molecule has 0 unspecified atom stereocenters. The van der Waals surface area contributed by atoms with Crippen LogP contribution in [0.1, 0.15) is 5.56 Å². The molecule has 2 aromatic heterocycles. The fraction of sp³-hybridized carbons (Fsp3) is 0.200. The summed E-state index contributed by atoms with van der Waals surface area (Å²) in [6.45, 7) is 3.17. The number of nitrogens with one attached hydrogen (secondary N) is 1. The highest BCUT2D eigenvalue weighted by molar-refractivity contribution is 5.78. The minimum Gasteiger partial charge on any atom is -0.491 e. The first kappa shape index (κ1) is 20.8. The van der Waals surface area contributed by atoms with E-state index in [-0.39, 0.29) is 5.43 Å². The smallest absolute Gasteiger partial charge is 0.193 e. The molecule has 4 rings (SSSR count). The minimum absolute atomic E-state index is 0.0513. The molecule has 2 aromatic carbocycles. The van der Waals surface area contributed by atoms with E-state index in [9.17, 15) is 4.79 Å². The molecule has 4 aromatic rings. The molecule has 6 nitrogen and oxygen atoms in total. The molecule has 0 amide bonds. The van der Waals surface area contributed by atoms with Gasteiger partial charge >= 0.3 is 0 Å². The molecule has 0 atom stereocenters. The van der Waals surface area contributed by atoms with Crippen molar-refractivity contribution in [3.63, 3.8) is 0 Å². The highest BCUT2D eigenvalue weighted by atomic mass is 16.5. The van der Waals surface area contributed by atoms with Gasteiger partial charge < -0.3 is 19.2 Å². The van der Waals surface area contributed by atoms with Gasteiger partial charge in [0.2, 0.25) is 0 Å². The second-order valence-corrected chi connectivity index (χ2v) is 6.99. The van der Waals surface area contributed by atoms with E-state index in [2.05, 4.69) is 10.3 Å². The number of ether oxygens (including phenoxy) is 2. The number of benzene rings is 2. The van der Waals surface area contributed by atoms with Crippen molar-refractivity contribution in [1.29, 1.82) is 0 Å². The Kier molecular flexibility index (Phi) is 7.05. The van der Waals surface area contributed by atoms with Crippen LogP contribution in [0.5, 0.6) is 5.75 Å². The Morgan fingerprint density at radius 2 is 1.71 bits per heavy atom. The van der Waals surface area contributed by atoms with E-state index in [1.165, 1.54) is 11.6 Å². The van der Waals surface area contributed by atoms with Crippen molar-refractivity contribution in [3.8, 4) is 17.1 Å². The molecule has 0 saturated heterocycles. The van der Waals surface area contributed by atoms with Crippen LogP contribution in [0.25, 0.3) is 22.3 Å².